The summed E-state index contributed by atoms with van der Waals surface area (Å²) in [7, 11) is 0. The minimum absolute atomic E-state index is 0.204. The molecule has 0 heterocycles. The molecule has 0 bridgehead atoms. The quantitative estimate of drug-likeness (QED) is 0.349. The van der Waals surface area contributed by atoms with Crippen LogP contribution in [0.25, 0.3) is 0 Å². The molecule has 126 valence electrons. The van der Waals surface area contributed by atoms with Crippen molar-refractivity contribution in [3.8, 4) is 0 Å². The zero-order chi connectivity index (χ0) is 17.7. The number of hydrogen-bond acceptors (Lipinski definition) is 6. The van der Waals surface area contributed by atoms with Gasteiger partial charge in [0.2, 0.25) is 0 Å². The summed E-state index contributed by atoms with van der Waals surface area (Å²) in [4.78, 5) is 31.0. The average Bonchev–Trinajstić information content (AvgIpc) is 2.26. The van der Waals surface area contributed by atoms with E-state index in [0.717, 1.165) is 33.9 Å². The van der Waals surface area contributed by atoms with Crippen LogP contribution in [-0.2, 0) is 14.4 Å². The van der Waals surface area contributed by atoms with E-state index in [9.17, 15) is 0 Å². The van der Waals surface area contributed by atoms with Crippen LogP contribution < -0.4 is 5.32 Å². The summed E-state index contributed by atoms with van der Waals surface area (Å²) in [5.41, 5.74) is 0. The number of aliphatic imine (C=N–C) groups is 1. The summed E-state index contributed by atoms with van der Waals surface area (Å²) in [6.45, 7) is 7.67. The van der Waals surface area contributed by atoms with E-state index in [2.05, 4.69) is 10.3 Å². The fourth-order valence-electron chi connectivity index (χ4n) is 0.477. The lowest BCUT2D eigenvalue weighted by Crippen LogP contribution is -2.21. The van der Waals surface area contributed by atoms with Gasteiger partial charge < -0.3 is 25.7 Å². The number of carbonyl (C=O) groups is 3. The number of aliphatic carboxylic acids is 3. The van der Waals surface area contributed by atoms with Crippen molar-refractivity contribution in [1.29, 1.82) is 0 Å². The Bertz CT molecular complexity index is 240. The Hall–Kier alpha value is -2.00. The van der Waals surface area contributed by atoms with Crippen LogP contribution >= 0.6 is 0 Å². The first-order valence-corrected chi connectivity index (χ1v) is 5.96. The molecular weight excluding hydrogens is 284 g/mol. The molecular formula is C12H26N2O7. The molecule has 0 aromatic heterocycles. The van der Waals surface area contributed by atoms with Gasteiger partial charge >= 0.3 is 0 Å². The van der Waals surface area contributed by atoms with Crippen LogP contribution in [0.2, 0.25) is 0 Å². The molecule has 0 spiro atoms. The zero-order valence-corrected chi connectivity index (χ0v) is 12.9. The van der Waals surface area contributed by atoms with Crippen molar-refractivity contribution >= 4 is 24.1 Å². The molecule has 0 radical (unpaired) electrons. The summed E-state index contributed by atoms with van der Waals surface area (Å²) in [5, 5.41) is 33.6. The molecule has 0 atom stereocenters. The van der Waals surface area contributed by atoms with Crippen molar-refractivity contribution in [1.82, 2.24) is 5.32 Å². The minimum Gasteiger partial charge on any atom is -0.481 e. The highest BCUT2D eigenvalue weighted by molar-refractivity contribution is 5.63. The summed E-state index contributed by atoms with van der Waals surface area (Å²) in [6.07, 6.45) is 1.78. The molecule has 0 aliphatic heterocycles. The third-order valence-corrected chi connectivity index (χ3v) is 0.889. The second kappa shape index (κ2) is 26.5. The van der Waals surface area contributed by atoms with Crippen LogP contribution in [0.3, 0.4) is 0 Å². The molecule has 5 N–H and O–H groups in total. The van der Waals surface area contributed by atoms with Gasteiger partial charge in [0.25, 0.3) is 17.9 Å². The molecule has 0 saturated carbocycles. The SMILES string of the molecule is CC(=O)O.CC(=O)O.CC(=O)O.CC=NCCNCCO. The third kappa shape index (κ3) is 288. The number of carboxylic acid groups (broad SMARTS) is 3. The molecule has 0 saturated heterocycles. The van der Waals surface area contributed by atoms with Crippen molar-refractivity contribution in [2.45, 2.75) is 27.7 Å². The van der Waals surface area contributed by atoms with E-state index in [1.54, 1.807) is 6.21 Å². The van der Waals surface area contributed by atoms with Gasteiger partial charge in [-0.1, -0.05) is 0 Å². The average molecular weight is 310 g/mol. The molecule has 0 rings (SSSR count). The molecule has 9 nitrogen and oxygen atoms in total. The van der Waals surface area contributed by atoms with E-state index < -0.39 is 17.9 Å². The van der Waals surface area contributed by atoms with E-state index in [1.807, 2.05) is 6.92 Å². The molecule has 0 fully saturated rings. The molecule has 0 unspecified atom stereocenters. The molecule has 0 aliphatic carbocycles. The molecule has 9 heteroatoms. The van der Waals surface area contributed by atoms with E-state index in [1.165, 1.54) is 0 Å². The Kier molecular flexibility index (Phi) is 34.6. The van der Waals surface area contributed by atoms with E-state index >= 15 is 0 Å². The van der Waals surface area contributed by atoms with Crippen molar-refractivity contribution in [3.63, 3.8) is 0 Å². The number of aliphatic hydroxyl groups is 1. The van der Waals surface area contributed by atoms with Crippen molar-refractivity contribution < 1.29 is 34.8 Å². The van der Waals surface area contributed by atoms with Crippen molar-refractivity contribution in [3.05, 3.63) is 0 Å². The highest BCUT2D eigenvalue weighted by Crippen LogP contribution is 1.64. The van der Waals surface area contributed by atoms with Gasteiger partial charge in [0.1, 0.15) is 0 Å². The largest absolute Gasteiger partial charge is 0.481 e. The van der Waals surface area contributed by atoms with Gasteiger partial charge in [-0.25, -0.2) is 0 Å². The zero-order valence-electron chi connectivity index (χ0n) is 12.9. The van der Waals surface area contributed by atoms with Gasteiger partial charge in [0, 0.05) is 33.9 Å². The van der Waals surface area contributed by atoms with E-state index in [0.29, 0.717) is 6.54 Å². The summed E-state index contributed by atoms with van der Waals surface area (Å²) in [6, 6.07) is 0. The van der Waals surface area contributed by atoms with Gasteiger partial charge in [0.05, 0.1) is 13.2 Å². The topological polar surface area (TPSA) is 157 Å². The highest BCUT2D eigenvalue weighted by Gasteiger charge is 1.80. The minimum atomic E-state index is -0.833. The maximum absolute atomic E-state index is 9.00. The van der Waals surface area contributed by atoms with Crippen LogP contribution in [0.4, 0.5) is 0 Å². The molecule has 0 aliphatic rings. The molecule has 21 heavy (non-hydrogen) atoms. The fraction of sp³-hybridized carbons (Fsp3) is 0.667. The molecule has 0 amide bonds. The van der Waals surface area contributed by atoms with Crippen LogP contribution in [0.1, 0.15) is 27.7 Å². The monoisotopic (exact) mass is 310 g/mol. The Morgan fingerprint density at radius 2 is 1.29 bits per heavy atom. The van der Waals surface area contributed by atoms with Gasteiger partial charge in [-0.2, -0.15) is 0 Å². The number of carboxylic acids is 3. The predicted molar refractivity (Wildman–Crippen MR) is 78.9 cm³/mol. The van der Waals surface area contributed by atoms with Crippen LogP contribution in [0.5, 0.6) is 0 Å². The number of aliphatic hydroxyl groups excluding tert-OH is 1. The fourth-order valence-corrected chi connectivity index (χ4v) is 0.477. The number of nitrogens with one attached hydrogen (secondary N) is 1. The highest BCUT2D eigenvalue weighted by atomic mass is 16.4. The Morgan fingerprint density at radius 3 is 1.52 bits per heavy atom. The first-order valence-electron chi connectivity index (χ1n) is 5.96. The van der Waals surface area contributed by atoms with Gasteiger partial charge in [-0.3, -0.25) is 19.4 Å². The molecule has 0 aromatic carbocycles. The van der Waals surface area contributed by atoms with Gasteiger partial charge in [-0.15, -0.1) is 0 Å². The van der Waals surface area contributed by atoms with Crippen LogP contribution in [0, 0.1) is 0 Å². The number of hydrogen-bond donors (Lipinski definition) is 5. The molecule has 0 aromatic rings. The van der Waals surface area contributed by atoms with E-state index in [-0.39, 0.29) is 6.61 Å². The van der Waals surface area contributed by atoms with Gasteiger partial charge in [-0.05, 0) is 13.1 Å². The van der Waals surface area contributed by atoms with E-state index in [4.69, 9.17) is 34.8 Å². The second-order valence-corrected chi connectivity index (χ2v) is 3.20. The summed E-state index contributed by atoms with van der Waals surface area (Å²) >= 11 is 0. The number of rotatable bonds is 5. The lowest BCUT2D eigenvalue weighted by Gasteiger charge is -1.96. The van der Waals surface area contributed by atoms with Gasteiger partial charge in [0.15, 0.2) is 0 Å². The summed E-state index contributed by atoms with van der Waals surface area (Å²) < 4.78 is 0. The smallest absolute Gasteiger partial charge is 0.300 e. The normalized spacial score (nSPS) is 8.24. The van der Waals surface area contributed by atoms with Crippen molar-refractivity contribution in [2.24, 2.45) is 4.99 Å². The second-order valence-electron chi connectivity index (χ2n) is 3.20. The first-order chi connectivity index (χ1) is 9.61. The lowest BCUT2D eigenvalue weighted by molar-refractivity contribution is -0.135. The van der Waals surface area contributed by atoms with Crippen LogP contribution in [0.15, 0.2) is 4.99 Å². The predicted octanol–water partition coefficient (Wildman–Crippen LogP) is -0.0683. The maximum Gasteiger partial charge on any atom is 0.300 e. The first kappa shape index (κ1) is 27.4. The standard InChI is InChI=1S/C6H14N2O.3C2H4O2/c1-2-7-3-4-8-5-6-9;3*1-2(3)4/h2,8-9H,3-6H2,1H3;3*1H3,(H,3,4). The third-order valence-electron chi connectivity index (χ3n) is 0.889. The van der Waals surface area contributed by atoms with Crippen LogP contribution in [-0.4, -0.2) is 70.8 Å². The Labute approximate surface area is 124 Å². The maximum atomic E-state index is 9.00. The lowest BCUT2D eigenvalue weighted by atomic mass is 10.6. The number of nitrogens with zero attached hydrogens (tertiary/aromatic N) is 1. The van der Waals surface area contributed by atoms with Crippen molar-refractivity contribution in [2.75, 3.05) is 26.2 Å². The Morgan fingerprint density at radius 1 is 0.952 bits per heavy atom. The summed E-state index contributed by atoms with van der Waals surface area (Å²) in [5.74, 6) is -2.50. The Balaban J connectivity index is -0.000000102.